The molecular weight excluding hydrogens is 611 g/mol. The molecule has 0 bridgehead atoms. The predicted octanol–water partition coefficient (Wildman–Crippen LogP) is 11.1. The van der Waals surface area contributed by atoms with Crippen LogP contribution in [0.2, 0.25) is 0 Å². The summed E-state index contributed by atoms with van der Waals surface area (Å²) in [5.41, 5.74) is 11.4. The molecule has 0 saturated carbocycles. The van der Waals surface area contributed by atoms with Crippen LogP contribution in [0.4, 0.5) is 0 Å². The average molecular weight is 640 g/mol. The van der Waals surface area contributed by atoms with Crippen molar-refractivity contribution in [2.75, 3.05) is 0 Å². The van der Waals surface area contributed by atoms with Crippen LogP contribution in [0.3, 0.4) is 0 Å². The molecule has 6 aromatic carbocycles. The summed E-state index contributed by atoms with van der Waals surface area (Å²) < 4.78 is 4.47. The lowest BCUT2D eigenvalue weighted by Gasteiger charge is -2.12. The summed E-state index contributed by atoms with van der Waals surface area (Å²) >= 11 is 0. The maximum absolute atomic E-state index is 5.19. The Morgan fingerprint density at radius 3 is 1.68 bits per heavy atom. The van der Waals surface area contributed by atoms with Crippen LogP contribution in [0.1, 0.15) is 0 Å². The normalized spacial score (nSPS) is 11.6. The number of aromatic nitrogens is 5. The molecule has 0 N–H and O–H groups in total. The Morgan fingerprint density at radius 2 is 0.940 bits per heavy atom. The first-order valence-corrected chi connectivity index (χ1v) is 16.8. The molecule has 0 aliphatic heterocycles. The molecule has 0 aliphatic carbocycles. The lowest BCUT2D eigenvalue weighted by atomic mass is 10.0. The van der Waals surface area contributed by atoms with E-state index in [1.807, 2.05) is 48.7 Å². The van der Waals surface area contributed by atoms with Crippen molar-refractivity contribution < 1.29 is 0 Å². The number of hydrogen-bond acceptors (Lipinski definition) is 3. The van der Waals surface area contributed by atoms with Gasteiger partial charge in [0.2, 0.25) is 5.95 Å². The van der Waals surface area contributed by atoms with Gasteiger partial charge in [-0.2, -0.15) is 0 Å². The van der Waals surface area contributed by atoms with Gasteiger partial charge in [-0.1, -0.05) is 115 Å². The van der Waals surface area contributed by atoms with Crippen LogP contribution in [0.15, 0.2) is 176 Å². The van der Waals surface area contributed by atoms with Crippen molar-refractivity contribution in [1.82, 2.24) is 24.1 Å². The van der Waals surface area contributed by atoms with Gasteiger partial charge in [-0.15, -0.1) is 0 Å². The monoisotopic (exact) mass is 639 g/mol. The van der Waals surface area contributed by atoms with Gasteiger partial charge < -0.3 is 4.57 Å². The van der Waals surface area contributed by atoms with Gasteiger partial charge in [0.05, 0.1) is 27.9 Å². The van der Waals surface area contributed by atoms with Crippen molar-refractivity contribution >= 4 is 43.7 Å². The third-order valence-electron chi connectivity index (χ3n) is 9.60. The van der Waals surface area contributed by atoms with Gasteiger partial charge in [0, 0.05) is 44.6 Å². The maximum Gasteiger partial charge on any atom is 0.237 e. The summed E-state index contributed by atoms with van der Waals surface area (Å²) in [6.45, 7) is 0. The molecule has 0 aliphatic rings. The molecule has 0 amide bonds. The number of fused-ring (bicyclic) bond motifs is 6. The number of pyridine rings is 1. The highest BCUT2D eigenvalue weighted by atomic mass is 15.2. The number of benzene rings is 6. The second-order valence-corrected chi connectivity index (χ2v) is 12.5. The van der Waals surface area contributed by atoms with E-state index in [1.54, 1.807) is 0 Å². The zero-order valence-electron chi connectivity index (χ0n) is 27.0. The smallest absolute Gasteiger partial charge is 0.237 e. The Bertz CT molecular complexity index is 2800. The van der Waals surface area contributed by atoms with E-state index in [0.29, 0.717) is 5.95 Å². The summed E-state index contributed by atoms with van der Waals surface area (Å²) in [4.78, 5) is 15.3. The zero-order chi connectivity index (χ0) is 33.0. The molecule has 5 heteroatoms. The second kappa shape index (κ2) is 11.4. The molecule has 0 fully saturated rings. The van der Waals surface area contributed by atoms with Crippen LogP contribution in [-0.4, -0.2) is 24.1 Å². The predicted molar refractivity (Wildman–Crippen MR) is 205 cm³/mol. The van der Waals surface area contributed by atoms with Crippen LogP contribution in [0, 0.1) is 0 Å². The highest BCUT2D eigenvalue weighted by Gasteiger charge is 2.19. The number of para-hydroxylation sites is 2. The Kier molecular flexibility index (Phi) is 6.42. The standard InChI is InChI=1S/C45H29N5/c1-4-13-30(14-5-1)39-29-40(31-15-6-2-7-16-31)48-45(47-39)50-43-28-33(22-24-36(43)37-20-12-26-46-44(37)50)32-23-25-42-38(27-32)35-19-10-11-21-41(35)49(42)34-17-8-3-9-18-34/h1-29H. The molecule has 0 saturated heterocycles. The molecule has 234 valence electrons. The fourth-order valence-electron chi connectivity index (χ4n) is 7.28. The minimum atomic E-state index is 0.586. The minimum Gasteiger partial charge on any atom is -0.309 e. The molecule has 0 spiro atoms. The Labute approximate surface area is 288 Å². The van der Waals surface area contributed by atoms with Crippen LogP contribution in [0.25, 0.3) is 89.0 Å². The van der Waals surface area contributed by atoms with Gasteiger partial charge in [-0.3, -0.25) is 4.57 Å². The van der Waals surface area contributed by atoms with Crippen LogP contribution in [0.5, 0.6) is 0 Å². The van der Waals surface area contributed by atoms with Crippen molar-refractivity contribution in [2.45, 2.75) is 0 Å². The van der Waals surface area contributed by atoms with Crippen molar-refractivity contribution in [2.24, 2.45) is 0 Å². The molecule has 4 aromatic heterocycles. The quantitative estimate of drug-likeness (QED) is 0.188. The first-order chi connectivity index (χ1) is 24.8. The molecule has 0 atom stereocenters. The number of rotatable bonds is 5. The Balaban J connectivity index is 1.20. The van der Waals surface area contributed by atoms with Gasteiger partial charge >= 0.3 is 0 Å². The highest BCUT2D eigenvalue weighted by Crippen LogP contribution is 2.38. The van der Waals surface area contributed by atoms with Crippen molar-refractivity contribution in [3.8, 4) is 45.3 Å². The summed E-state index contributed by atoms with van der Waals surface area (Å²) in [5, 5.41) is 4.61. The van der Waals surface area contributed by atoms with Gasteiger partial charge in [0.1, 0.15) is 5.65 Å². The Hall–Kier alpha value is -6.85. The minimum absolute atomic E-state index is 0.586. The molecule has 0 unspecified atom stereocenters. The second-order valence-electron chi connectivity index (χ2n) is 12.5. The first kappa shape index (κ1) is 28.2. The van der Waals surface area contributed by atoms with Crippen LogP contribution in [-0.2, 0) is 0 Å². The van der Waals surface area contributed by atoms with E-state index in [2.05, 4.69) is 137 Å². The van der Waals surface area contributed by atoms with E-state index >= 15 is 0 Å². The van der Waals surface area contributed by atoms with E-state index in [-0.39, 0.29) is 0 Å². The van der Waals surface area contributed by atoms with Crippen molar-refractivity contribution in [3.63, 3.8) is 0 Å². The third-order valence-corrected chi connectivity index (χ3v) is 9.60. The van der Waals surface area contributed by atoms with Crippen LogP contribution >= 0.6 is 0 Å². The molecular formula is C45H29N5. The fourth-order valence-corrected chi connectivity index (χ4v) is 7.28. The van der Waals surface area contributed by atoms with Crippen molar-refractivity contribution in [3.05, 3.63) is 176 Å². The number of nitrogens with zero attached hydrogens (tertiary/aromatic N) is 5. The van der Waals surface area contributed by atoms with E-state index in [4.69, 9.17) is 15.0 Å². The lowest BCUT2D eigenvalue weighted by Crippen LogP contribution is -2.04. The molecule has 0 radical (unpaired) electrons. The average Bonchev–Trinajstić information content (AvgIpc) is 3.71. The molecule has 50 heavy (non-hydrogen) atoms. The van der Waals surface area contributed by atoms with E-state index in [1.165, 1.54) is 21.8 Å². The van der Waals surface area contributed by atoms with Crippen LogP contribution < -0.4 is 0 Å². The van der Waals surface area contributed by atoms with E-state index in [9.17, 15) is 0 Å². The summed E-state index contributed by atoms with van der Waals surface area (Å²) in [6.07, 6.45) is 1.84. The van der Waals surface area contributed by atoms with Gasteiger partial charge in [0.25, 0.3) is 0 Å². The first-order valence-electron chi connectivity index (χ1n) is 16.8. The summed E-state index contributed by atoms with van der Waals surface area (Å²) in [7, 11) is 0. The van der Waals surface area contributed by atoms with E-state index in [0.717, 1.165) is 61.3 Å². The molecule has 4 heterocycles. The maximum atomic E-state index is 5.19. The number of hydrogen-bond donors (Lipinski definition) is 0. The van der Waals surface area contributed by atoms with Gasteiger partial charge in [-0.05, 0) is 65.7 Å². The van der Waals surface area contributed by atoms with Crippen molar-refractivity contribution in [1.29, 1.82) is 0 Å². The van der Waals surface area contributed by atoms with E-state index < -0.39 is 0 Å². The zero-order valence-corrected chi connectivity index (χ0v) is 27.0. The largest absolute Gasteiger partial charge is 0.309 e. The van der Waals surface area contributed by atoms with Gasteiger partial charge in [-0.25, -0.2) is 15.0 Å². The molecule has 5 nitrogen and oxygen atoms in total. The highest BCUT2D eigenvalue weighted by molar-refractivity contribution is 6.11. The molecule has 10 aromatic rings. The summed E-state index contributed by atoms with van der Waals surface area (Å²) in [5.74, 6) is 0.586. The van der Waals surface area contributed by atoms with Gasteiger partial charge in [0.15, 0.2) is 0 Å². The summed E-state index contributed by atoms with van der Waals surface area (Å²) in [6, 6.07) is 59.5. The molecule has 10 rings (SSSR count). The fraction of sp³-hybridized carbons (Fsp3) is 0. The third kappa shape index (κ3) is 4.52. The Morgan fingerprint density at radius 1 is 0.360 bits per heavy atom. The SMILES string of the molecule is c1ccc(-c2cc(-c3ccccc3)nc(-n3c4cc(-c5ccc6c(c5)c5ccccc5n6-c5ccccc5)ccc4c4cccnc43)n2)cc1. The lowest BCUT2D eigenvalue weighted by molar-refractivity contribution is 0.982. The topological polar surface area (TPSA) is 48.5 Å².